The highest BCUT2D eigenvalue weighted by molar-refractivity contribution is 5.94. The second-order valence-electron chi connectivity index (χ2n) is 5.60. The molecule has 1 unspecified atom stereocenters. The van der Waals surface area contributed by atoms with E-state index in [9.17, 15) is 9.18 Å². The van der Waals surface area contributed by atoms with Crippen LogP contribution in [-0.4, -0.2) is 10.4 Å². The molecule has 0 spiro atoms. The minimum absolute atomic E-state index is 0.0603. The smallest absolute Gasteiger partial charge is 0.203 e. The number of carbonyl (C=O) groups excluding carboxylic acids is 1. The summed E-state index contributed by atoms with van der Waals surface area (Å²) in [5.74, 6) is 0.247. The lowest BCUT2D eigenvalue weighted by Gasteiger charge is -2.15. The number of hydrogen-bond acceptors (Lipinski definition) is 2. The van der Waals surface area contributed by atoms with Crippen LogP contribution in [-0.2, 0) is 9.53 Å². The van der Waals surface area contributed by atoms with Crippen LogP contribution in [0, 0.1) is 5.82 Å². The van der Waals surface area contributed by atoms with Gasteiger partial charge in [-0.15, -0.1) is 0 Å². The Morgan fingerprint density at radius 1 is 1.22 bits per heavy atom. The number of aromatic nitrogens is 1. The lowest BCUT2D eigenvalue weighted by atomic mass is 10.1. The molecule has 23 heavy (non-hydrogen) atoms. The molecule has 0 bridgehead atoms. The van der Waals surface area contributed by atoms with Gasteiger partial charge in [0, 0.05) is 28.8 Å². The topological polar surface area (TPSA) is 31.2 Å². The molecule has 0 amide bonds. The molecule has 4 rings (SSSR count). The Labute approximate surface area is 132 Å². The molecule has 1 aromatic heterocycles. The average molecular weight is 307 g/mol. The fraction of sp³-hybridized carbons (Fsp3) is 0.105. The fourth-order valence-electron chi connectivity index (χ4n) is 3.03. The first-order valence-electron chi connectivity index (χ1n) is 7.38. The molecule has 1 aliphatic rings. The van der Waals surface area contributed by atoms with Crippen LogP contribution in [0.5, 0.6) is 0 Å². The van der Waals surface area contributed by atoms with E-state index in [4.69, 9.17) is 4.74 Å². The number of halogens is 1. The van der Waals surface area contributed by atoms with Crippen molar-refractivity contribution in [2.75, 3.05) is 0 Å². The minimum atomic E-state index is -0.361. The van der Waals surface area contributed by atoms with Gasteiger partial charge in [0.2, 0.25) is 6.23 Å². The Balaban J connectivity index is 1.88. The normalized spacial score (nSPS) is 18.2. The van der Waals surface area contributed by atoms with Crippen molar-refractivity contribution >= 4 is 22.4 Å². The van der Waals surface area contributed by atoms with E-state index in [2.05, 4.69) is 0 Å². The van der Waals surface area contributed by atoms with Gasteiger partial charge in [0.25, 0.3) is 0 Å². The summed E-state index contributed by atoms with van der Waals surface area (Å²) in [5, 5.41) is 0.815. The van der Waals surface area contributed by atoms with Crippen LogP contribution in [0.1, 0.15) is 24.3 Å². The maximum absolute atomic E-state index is 13.4. The molecule has 1 aliphatic heterocycles. The highest BCUT2D eigenvalue weighted by atomic mass is 19.1. The van der Waals surface area contributed by atoms with Crippen LogP contribution >= 0.6 is 0 Å². The first kappa shape index (κ1) is 13.8. The van der Waals surface area contributed by atoms with Gasteiger partial charge in [0.1, 0.15) is 11.6 Å². The maximum atomic E-state index is 13.4. The number of rotatable bonds is 2. The molecule has 0 saturated heterocycles. The van der Waals surface area contributed by atoms with Crippen molar-refractivity contribution in [3.05, 3.63) is 77.7 Å². The largest absolute Gasteiger partial charge is 0.465 e. The maximum Gasteiger partial charge on any atom is 0.203 e. The van der Waals surface area contributed by atoms with Crippen molar-refractivity contribution < 1.29 is 13.9 Å². The van der Waals surface area contributed by atoms with E-state index >= 15 is 0 Å². The second kappa shape index (κ2) is 5.09. The highest BCUT2D eigenvalue weighted by Crippen LogP contribution is 2.40. The summed E-state index contributed by atoms with van der Waals surface area (Å²) in [6, 6.07) is 14.3. The molecular weight excluding hydrogens is 293 g/mol. The van der Waals surface area contributed by atoms with Gasteiger partial charge in [0.05, 0.1) is 5.52 Å². The standard InChI is InChI=1S/C19H14FNO2/c1-12(22)10-18-15-4-2-3-5-16(15)19(23-18)21-9-8-13-11-14(20)6-7-17(13)21/h2-11,19H,1H3/b18-10-. The number of nitrogens with zero attached hydrogens (tertiary/aromatic N) is 1. The van der Waals surface area contributed by atoms with Gasteiger partial charge in [-0.1, -0.05) is 24.3 Å². The van der Waals surface area contributed by atoms with Crippen molar-refractivity contribution in [2.45, 2.75) is 13.2 Å². The molecule has 4 heteroatoms. The average Bonchev–Trinajstić information content (AvgIpc) is 3.08. The zero-order chi connectivity index (χ0) is 16.0. The molecule has 0 aliphatic carbocycles. The SMILES string of the molecule is CC(=O)/C=C1\OC(n2ccc3cc(F)ccc32)c2ccccc21. The number of ketones is 1. The highest BCUT2D eigenvalue weighted by Gasteiger charge is 2.29. The molecule has 2 heterocycles. The van der Waals surface area contributed by atoms with Crippen LogP contribution in [0.2, 0.25) is 0 Å². The third-order valence-corrected chi connectivity index (χ3v) is 4.00. The van der Waals surface area contributed by atoms with E-state index in [-0.39, 0.29) is 17.8 Å². The van der Waals surface area contributed by atoms with Crippen LogP contribution in [0.15, 0.2) is 60.8 Å². The van der Waals surface area contributed by atoms with Crippen molar-refractivity contribution in [1.29, 1.82) is 0 Å². The fourth-order valence-corrected chi connectivity index (χ4v) is 3.03. The quantitative estimate of drug-likeness (QED) is 0.661. The number of benzene rings is 2. The second-order valence-corrected chi connectivity index (χ2v) is 5.60. The molecule has 0 fully saturated rings. The van der Waals surface area contributed by atoms with Gasteiger partial charge in [0.15, 0.2) is 5.78 Å². The lowest BCUT2D eigenvalue weighted by Crippen LogP contribution is -2.07. The molecule has 1 atom stereocenters. The predicted octanol–water partition coefficient (Wildman–Crippen LogP) is 4.29. The Bertz CT molecular complexity index is 955. The number of carbonyl (C=O) groups is 1. The predicted molar refractivity (Wildman–Crippen MR) is 86.2 cm³/mol. The number of hydrogen-bond donors (Lipinski definition) is 0. The van der Waals surface area contributed by atoms with Gasteiger partial charge in [-0.3, -0.25) is 4.79 Å². The lowest BCUT2D eigenvalue weighted by molar-refractivity contribution is -0.112. The first-order valence-corrected chi connectivity index (χ1v) is 7.38. The van der Waals surface area contributed by atoms with Crippen LogP contribution in [0.3, 0.4) is 0 Å². The molecule has 3 aromatic rings. The van der Waals surface area contributed by atoms with E-state index in [1.807, 2.05) is 41.1 Å². The molecular formula is C19H14FNO2. The van der Waals surface area contributed by atoms with Crippen LogP contribution in [0.25, 0.3) is 16.7 Å². The molecule has 3 nitrogen and oxygen atoms in total. The number of ether oxygens (including phenoxy) is 1. The van der Waals surface area contributed by atoms with E-state index in [1.165, 1.54) is 25.1 Å². The summed E-state index contributed by atoms with van der Waals surface area (Å²) < 4.78 is 21.4. The van der Waals surface area contributed by atoms with Crippen LogP contribution in [0.4, 0.5) is 4.39 Å². The Morgan fingerprint density at radius 3 is 2.87 bits per heavy atom. The van der Waals surface area contributed by atoms with Gasteiger partial charge in [-0.2, -0.15) is 0 Å². The van der Waals surface area contributed by atoms with Gasteiger partial charge in [-0.05, 0) is 31.2 Å². The zero-order valence-corrected chi connectivity index (χ0v) is 12.5. The van der Waals surface area contributed by atoms with E-state index in [1.54, 1.807) is 6.07 Å². The minimum Gasteiger partial charge on any atom is -0.465 e. The van der Waals surface area contributed by atoms with Crippen molar-refractivity contribution in [2.24, 2.45) is 0 Å². The molecule has 2 aromatic carbocycles. The first-order chi connectivity index (χ1) is 11.1. The van der Waals surface area contributed by atoms with Crippen molar-refractivity contribution in [3.8, 4) is 0 Å². The van der Waals surface area contributed by atoms with Crippen molar-refractivity contribution in [1.82, 2.24) is 4.57 Å². The Kier molecular flexibility index (Phi) is 3.05. The summed E-state index contributed by atoms with van der Waals surface area (Å²) in [4.78, 5) is 11.4. The molecule has 0 saturated carbocycles. The summed E-state index contributed by atoms with van der Waals surface area (Å²) in [6.45, 7) is 1.50. The zero-order valence-electron chi connectivity index (χ0n) is 12.5. The van der Waals surface area contributed by atoms with Gasteiger partial charge < -0.3 is 9.30 Å². The molecule has 0 N–H and O–H groups in total. The Morgan fingerprint density at radius 2 is 2.04 bits per heavy atom. The van der Waals surface area contributed by atoms with E-state index < -0.39 is 0 Å². The number of fused-ring (bicyclic) bond motifs is 2. The summed E-state index contributed by atoms with van der Waals surface area (Å²) in [6.07, 6.45) is 3.02. The van der Waals surface area contributed by atoms with Gasteiger partial charge >= 0.3 is 0 Å². The summed E-state index contributed by atoms with van der Waals surface area (Å²) >= 11 is 0. The molecule has 0 radical (unpaired) electrons. The van der Waals surface area contributed by atoms with Crippen molar-refractivity contribution in [3.63, 3.8) is 0 Å². The third-order valence-electron chi connectivity index (χ3n) is 4.00. The van der Waals surface area contributed by atoms with Gasteiger partial charge in [-0.25, -0.2) is 4.39 Å². The van der Waals surface area contributed by atoms with E-state index in [0.29, 0.717) is 5.76 Å². The Hall–Kier alpha value is -2.88. The molecule has 114 valence electrons. The summed E-state index contributed by atoms with van der Waals surface area (Å²) in [7, 11) is 0. The number of allylic oxidation sites excluding steroid dienone is 1. The summed E-state index contributed by atoms with van der Waals surface area (Å²) in [5.41, 5.74) is 2.79. The van der Waals surface area contributed by atoms with Crippen LogP contribution < -0.4 is 0 Å². The third kappa shape index (κ3) is 2.23. The monoisotopic (exact) mass is 307 g/mol. The van der Waals surface area contributed by atoms with E-state index in [0.717, 1.165) is 22.0 Å².